The van der Waals surface area contributed by atoms with Crippen LogP contribution in [0.15, 0.2) is 24.4 Å². The maximum Gasteiger partial charge on any atom is 0.256 e. The Labute approximate surface area is 131 Å². The van der Waals surface area contributed by atoms with Crippen LogP contribution in [0.5, 0.6) is 0 Å². The zero-order valence-electron chi connectivity index (χ0n) is 12.2. The lowest BCUT2D eigenvalue weighted by Crippen LogP contribution is -2.26. The number of carbonyl (C=O) groups is 1. The Morgan fingerprint density at radius 1 is 1.48 bits per heavy atom. The number of nitrogens with zero attached hydrogens (tertiary/aromatic N) is 5. The first kappa shape index (κ1) is 13.5. The molecule has 2 N–H and O–H groups in total. The van der Waals surface area contributed by atoms with Crippen molar-refractivity contribution < 1.29 is 4.79 Å². The van der Waals surface area contributed by atoms with E-state index in [-0.39, 0.29) is 17.3 Å². The van der Waals surface area contributed by atoms with Crippen LogP contribution in [-0.2, 0) is 6.54 Å². The van der Waals surface area contributed by atoms with Crippen molar-refractivity contribution in [3.63, 3.8) is 0 Å². The molecule has 1 aliphatic heterocycles. The summed E-state index contributed by atoms with van der Waals surface area (Å²) >= 11 is 0. The van der Waals surface area contributed by atoms with Gasteiger partial charge in [-0.15, -0.1) is 10.2 Å². The molecule has 1 aromatic heterocycles. The van der Waals surface area contributed by atoms with Crippen LogP contribution in [0.1, 0.15) is 34.6 Å². The fourth-order valence-corrected chi connectivity index (χ4v) is 2.76. The predicted octanol–water partition coefficient (Wildman–Crippen LogP) is 1.29. The van der Waals surface area contributed by atoms with E-state index in [0.717, 1.165) is 18.4 Å². The molecular formula is C15H13N7O. The van der Waals surface area contributed by atoms with E-state index in [4.69, 9.17) is 0 Å². The highest BCUT2D eigenvalue weighted by atomic mass is 16.2. The zero-order valence-corrected chi connectivity index (χ0v) is 12.2. The minimum absolute atomic E-state index is 0.0528. The van der Waals surface area contributed by atoms with Gasteiger partial charge in [-0.3, -0.25) is 4.79 Å². The summed E-state index contributed by atoms with van der Waals surface area (Å²) < 4.78 is 0. The SMILES string of the molecule is N#CC(=CNc1cccc2c1C(=O)N(C1CC1)C2)c1nn[nH]n1. The van der Waals surface area contributed by atoms with Crippen molar-refractivity contribution in [3.8, 4) is 6.07 Å². The topological polar surface area (TPSA) is 111 Å². The third-order valence-electron chi connectivity index (χ3n) is 4.03. The van der Waals surface area contributed by atoms with Crippen molar-refractivity contribution in [1.29, 1.82) is 5.26 Å². The highest BCUT2D eigenvalue weighted by molar-refractivity contribution is 6.04. The number of nitrogens with one attached hydrogen (secondary N) is 2. The van der Waals surface area contributed by atoms with Crippen LogP contribution in [0.4, 0.5) is 5.69 Å². The Kier molecular flexibility index (Phi) is 3.05. The first-order chi connectivity index (χ1) is 11.3. The van der Waals surface area contributed by atoms with Gasteiger partial charge in [0.2, 0.25) is 5.82 Å². The van der Waals surface area contributed by atoms with Crippen LogP contribution in [-0.4, -0.2) is 37.5 Å². The third-order valence-corrected chi connectivity index (χ3v) is 4.03. The van der Waals surface area contributed by atoms with E-state index in [0.29, 0.717) is 23.8 Å². The van der Waals surface area contributed by atoms with Gasteiger partial charge >= 0.3 is 0 Å². The molecule has 2 heterocycles. The molecule has 114 valence electrons. The Bertz CT molecular complexity index is 830. The second-order valence-electron chi connectivity index (χ2n) is 5.55. The molecule has 1 fully saturated rings. The number of aromatic nitrogens is 4. The van der Waals surface area contributed by atoms with Crippen LogP contribution < -0.4 is 5.32 Å². The summed E-state index contributed by atoms with van der Waals surface area (Å²) in [7, 11) is 0. The molecule has 23 heavy (non-hydrogen) atoms. The van der Waals surface area contributed by atoms with Gasteiger partial charge in [0.25, 0.3) is 5.91 Å². The number of hydrogen-bond donors (Lipinski definition) is 2. The summed E-state index contributed by atoms with van der Waals surface area (Å²) in [4.78, 5) is 14.5. The molecule has 1 amide bonds. The highest BCUT2D eigenvalue weighted by Gasteiger charge is 2.39. The van der Waals surface area contributed by atoms with Gasteiger partial charge in [0.15, 0.2) is 0 Å². The number of nitriles is 1. The number of rotatable bonds is 4. The summed E-state index contributed by atoms with van der Waals surface area (Å²) in [6.07, 6.45) is 3.66. The van der Waals surface area contributed by atoms with Crippen molar-refractivity contribution >= 4 is 17.2 Å². The molecule has 0 unspecified atom stereocenters. The van der Waals surface area contributed by atoms with Crippen LogP contribution in [0.3, 0.4) is 0 Å². The second-order valence-corrected chi connectivity index (χ2v) is 5.55. The van der Waals surface area contributed by atoms with Crippen molar-refractivity contribution in [3.05, 3.63) is 41.4 Å². The first-order valence-electron chi connectivity index (χ1n) is 7.31. The molecule has 0 atom stereocenters. The summed E-state index contributed by atoms with van der Waals surface area (Å²) in [5, 5.41) is 25.5. The van der Waals surface area contributed by atoms with E-state index in [1.807, 2.05) is 29.2 Å². The molecular weight excluding hydrogens is 294 g/mol. The number of aromatic amines is 1. The maximum absolute atomic E-state index is 12.6. The van der Waals surface area contributed by atoms with Gasteiger partial charge < -0.3 is 10.2 Å². The van der Waals surface area contributed by atoms with Crippen LogP contribution in [0.2, 0.25) is 0 Å². The van der Waals surface area contributed by atoms with Crippen molar-refractivity contribution in [2.45, 2.75) is 25.4 Å². The van der Waals surface area contributed by atoms with E-state index >= 15 is 0 Å². The molecule has 4 rings (SSSR count). The minimum Gasteiger partial charge on any atom is -0.360 e. The van der Waals surface area contributed by atoms with E-state index in [9.17, 15) is 10.1 Å². The van der Waals surface area contributed by atoms with Gasteiger partial charge in [0.1, 0.15) is 11.6 Å². The van der Waals surface area contributed by atoms with Crippen molar-refractivity contribution in [2.24, 2.45) is 0 Å². The molecule has 0 radical (unpaired) electrons. The molecule has 1 aromatic carbocycles. The monoisotopic (exact) mass is 307 g/mol. The number of fused-ring (bicyclic) bond motifs is 1. The van der Waals surface area contributed by atoms with Gasteiger partial charge in [-0.05, 0) is 29.7 Å². The summed E-state index contributed by atoms with van der Waals surface area (Å²) in [6, 6.07) is 8.09. The summed E-state index contributed by atoms with van der Waals surface area (Å²) in [5.41, 5.74) is 2.62. The van der Waals surface area contributed by atoms with Crippen molar-refractivity contribution in [1.82, 2.24) is 25.5 Å². The average molecular weight is 307 g/mol. The number of carbonyl (C=O) groups excluding carboxylic acids is 1. The lowest BCUT2D eigenvalue weighted by molar-refractivity contribution is 0.0767. The fraction of sp³-hybridized carbons (Fsp3) is 0.267. The van der Waals surface area contributed by atoms with Gasteiger partial charge in [0, 0.05) is 18.8 Å². The summed E-state index contributed by atoms with van der Waals surface area (Å²) in [5.74, 6) is 0.260. The van der Waals surface area contributed by atoms with Crippen LogP contribution in [0.25, 0.3) is 5.57 Å². The number of anilines is 1. The summed E-state index contributed by atoms with van der Waals surface area (Å²) in [6.45, 7) is 0.661. The molecule has 0 spiro atoms. The van der Waals surface area contributed by atoms with Crippen molar-refractivity contribution in [2.75, 3.05) is 5.32 Å². The average Bonchev–Trinajstić information content (AvgIpc) is 3.15. The van der Waals surface area contributed by atoms with E-state index in [2.05, 4.69) is 25.9 Å². The Balaban J connectivity index is 1.63. The van der Waals surface area contributed by atoms with Gasteiger partial charge in [-0.25, -0.2) is 0 Å². The normalized spacial score (nSPS) is 17.1. The first-order valence-corrected chi connectivity index (χ1v) is 7.31. The predicted molar refractivity (Wildman–Crippen MR) is 80.7 cm³/mol. The number of H-pyrrole nitrogens is 1. The standard InChI is InChI=1S/C15H13N7O/c16-6-10(14-18-20-21-19-14)7-17-12-3-1-2-9-8-22(11-4-5-11)15(23)13(9)12/h1-3,7,11,17H,4-5,8H2,(H,18,19,20,21). The minimum atomic E-state index is 0.0528. The number of amides is 1. The molecule has 1 saturated carbocycles. The smallest absolute Gasteiger partial charge is 0.256 e. The van der Waals surface area contributed by atoms with Crippen LogP contribution >= 0.6 is 0 Å². The number of hydrogen-bond acceptors (Lipinski definition) is 6. The Morgan fingerprint density at radius 2 is 2.35 bits per heavy atom. The highest BCUT2D eigenvalue weighted by Crippen LogP contribution is 2.37. The second kappa shape index (κ2) is 5.21. The number of allylic oxidation sites excluding steroid dienone is 1. The molecule has 1 aliphatic carbocycles. The van der Waals surface area contributed by atoms with E-state index < -0.39 is 0 Å². The Hall–Kier alpha value is -3.21. The zero-order chi connectivity index (χ0) is 15.8. The van der Waals surface area contributed by atoms with Gasteiger partial charge in [-0.2, -0.15) is 10.5 Å². The molecule has 2 aromatic rings. The fourth-order valence-electron chi connectivity index (χ4n) is 2.76. The van der Waals surface area contributed by atoms with Gasteiger partial charge in [0.05, 0.1) is 11.3 Å². The molecule has 0 saturated heterocycles. The largest absolute Gasteiger partial charge is 0.360 e. The number of benzene rings is 1. The van der Waals surface area contributed by atoms with Gasteiger partial charge in [-0.1, -0.05) is 12.1 Å². The van der Waals surface area contributed by atoms with E-state index in [1.165, 1.54) is 6.20 Å². The van der Waals surface area contributed by atoms with Crippen LogP contribution in [0, 0.1) is 11.3 Å². The quantitative estimate of drug-likeness (QED) is 0.824. The molecule has 0 bridgehead atoms. The Morgan fingerprint density at radius 3 is 3.04 bits per heavy atom. The maximum atomic E-state index is 12.6. The molecule has 8 nitrogen and oxygen atoms in total. The third kappa shape index (κ3) is 2.32. The lowest BCUT2D eigenvalue weighted by Gasteiger charge is -2.13. The molecule has 8 heteroatoms. The number of tetrazole rings is 1. The molecule has 2 aliphatic rings. The van der Waals surface area contributed by atoms with E-state index in [1.54, 1.807) is 0 Å². The lowest BCUT2D eigenvalue weighted by atomic mass is 10.1.